The molecule has 5 atom stereocenters. The van der Waals surface area contributed by atoms with Gasteiger partial charge < -0.3 is 43.4 Å². The van der Waals surface area contributed by atoms with E-state index in [1.165, 1.54) is 0 Å². The molecule has 36 heavy (non-hydrogen) atoms. The van der Waals surface area contributed by atoms with E-state index in [0.29, 0.717) is 0 Å². The van der Waals surface area contributed by atoms with Gasteiger partial charge in [-0.3, -0.25) is 19.2 Å². The molecule has 2 N–H and O–H groups in total. The summed E-state index contributed by atoms with van der Waals surface area (Å²) in [6.07, 6.45) is -7.53. The second-order valence-corrected chi connectivity index (χ2v) is 7.52. The van der Waals surface area contributed by atoms with Gasteiger partial charge in [0.2, 0.25) is 18.1 Å². The van der Waals surface area contributed by atoms with Crippen LogP contribution in [0.5, 0.6) is 17.2 Å². The summed E-state index contributed by atoms with van der Waals surface area (Å²) in [5.41, 5.74) is -0.214. The largest absolute Gasteiger partial charge is 0.504 e. The summed E-state index contributed by atoms with van der Waals surface area (Å²) in [4.78, 5) is 58.8. The van der Waals surface area contributed by atoms with Gasteiger partial charge in [-0.05, 0) is 12.1 Å². The molecule has 2 rings (SSSR count). The SMILES string of the molecule is COC(=O)c1cc(O)c(O)c(OC2O[C@H](COC(C)=O)[C@@H](OC(C)=O)[C@H](OC(C)=O)[C@H]2OC(C)=O)c1. The molecular weight excluding hydrogens is 488 g/mol. The Morgan fingerprint density at radius 2 is 1.39 bits per heavy atom. The van der Waals surface area contributed by atoms with Crippen molar-refractivity contribution in [1.29, 1.82) is 0 Å². The Hall–Kier alpha value is -4.07. The molecule has 0 bridgehead atoms. The number of carbonyl (C=O) groups is 5. The van der Waals surface area contributed by atoms with Crippen LogP contribution >= 0.6 is 0 Å². The zero-order valence-electron chi connectivity index (χ0n) is 20.0. The number of phenolic OH excluding ortho intramolecular Hbond substituents is 2. The number of ether oxygens (including phenoxy) is 7. The van der Waals surface area contributed by atoms with E-state index in [-0.39, 0.29) is 5.56 Å². The van der Waals surface area contributed by atoms with Gasteiger partial charge in [-0.25, -0.2) is 4.79 Å². The van der Waals surface area contributed by atoms with Crippen molar-refractivity contribution in [2.75, 3.05) is 13.7 Å². The van der Waals surface area contributed by atoms with Crippen LogP contribution in [0.15, 0.2) is 12.1 Å². The van der Waals surface area contributed by atoms with Gasteiger partial charge in [-0.1, -0.05) is 0 Å². The minimum atomic E-state index is -1.69. The van der Waals surface area contributed by atoms with Crippen LogP contribution in [-0.2, 0) is 47.6 Å². The molecule has 1 unspecified atom stereocenters. The summed E-state index contributed by atoms with van der Waals surface area (Å²) < 4.78 is 36.7. The molecule has 1 heterocycles. The highest BCUT2D eigenvalue weighted by Crippen LogP contribution is 2.39. The third-order valence-electron chi connectivity index (χ3n) is 4.67. The van der Waals surface area contributed by atoms with Crippen LogP contribution in [-0.4, -0.2) is 84.5 Å². The molecular formula is C22H26O14. The highest BCUT2D eigenvalue weighted by Gasteiger charge is 2.53. The predicted molar refractivity (Wildman–Crippen MR) is 114 cm³/mol. The van der Waals surface area contributed by atoms with E-state index >= 15 is 0 Å². The number of methoxy groups -OCH3 is 1. The molecule has 1 saturated heterocycles. The molecule has 0 saturated carbocycles. The van der Waals surface area contributed by atoms with Gasteiger partial charge in [0.05, 0.1) is 12.7 Å². The second-order valence-electron chi connectivity index (χ2n) is 7.52. The van der Waals surface area contributed by atoms with E-state index in [0.717, 1.165) is 46.9 Å². The molecule has 1 fully saturated rings. The fourth-order valence-electron chi connectivity index (χ4n) is 3.33. The van der Waals surface area contributed by atoms with Crippen molar-refractivity contribution in [1.82, 2.24) is 0 Å². The molecule has 0 radical (unpaired) electrons. The van der Waals surface area contributed by atoms with Crippen molar-refractivity contribution >= 4 is 29.8 Å². The Kier molecular flexibility index (Phi) is 9.44. The normalized spacial score (nSPS) is 23.1. The monoisotopic (exact) mass is 514 g/mol. The lowest BCUT2D eigenvalue weighted by molar-refractivity contribution is -0.288. The third-order valence-corrected chi connectivity index (χ3v) is 4.67. The predicted octanol–water partition coefficient (Wildman–Crippen LogP) is 0.346. The number of carbonyl (C=O) groups excluding carboxylic acids is 5. The van der Waals surface area contributed by atoms with Crippen molar-refractivity contribution in [2.45, 2.75) is 58.4 Å². The van der Waals surface area contributed by atoms with E-state index in [1.54, 1.807) is 0 Å². The van der Waals surface area contributed by atoms with E-state index in [9.17, 15) is 34.2 Å². The van der Waals surface area contributed by atoms with Crippen molar-refractivity contribution < 1.29 is 67.3 Å². The molecule has 0 aliphatic carbocycles. The van der Waals surface area contributed by atoms with Gasteiger partial charge in [0, 0.05) is 27.7 Å². The van der Waals surface area contributed by atoms with Crippen LogP contribution in [0, 0.1) is 0 Å². The minimum absolute atomic E-state index is 0.214. The number of benzene rings is 1. The summed E-state index contributed by atoms with van der Waals surface area (Å²) >= 11 is 0. The van der Waals surface area contributed by atoms with E-state index in [1.807, 2.05) is 0 Å². The zero-order chi connectivity index (χ0) is 27.2. The maximum absolute atomic E-state index is 11.9. The average Bonchev–Trinajstić information content (AvgIpc) is 2.77. The quantitative estimate of drug-likeness (QED) is 0.274. The minimum Gasteiger partial charge on any atom is -0.504 e. The van der Waals surface area contributed by atoms with Crippen LogP contribution in [0.1, 0.15) is 38.1 Å². The van der Waals surface area contributed by atoms with Gasteiger partial charge in [-0.15, -0.1) is 0 Å². The molecule has 1 aromatic rings. The summed E-state index contributed by atoms with van der Waals surface area (Å²) in [6, 6.07) is 1.93. The van der Waals surface area contributed by atoms with Crippen molar-refractivity contribution in [3.05, 3.63) is 17.7 Å². The molecule has 1 aliphatic heterocycles. The number of rotatable bonds is 8. The Bertz CT molecular complexity index is 1020. The van der Waals surface area contributed by atoms with Crippen LogP contribution in [0.2, 0.25) is 0 Å². The van der Waals surface area contributed by atoms with Crippen LogP contribution in [0.3, 0.4) is 0 Å². The van der Waals surface area contributed by atoms with E-state index < -0.39 is 84.4 Å². The fourth-order valence-corrected chi connectivity index (χ4v) is 3.33. The average molecular weight is 514 g/mol. The number of hydrogen-bond donors (Lipinski definition) is 2. The summed E-state index contributed by atoms with van der Waals surface area (Å²) in [6.45, 7) is 3.76. The molecule has 0 amide bonds. The Morgan fingerprint density at radius 1 is 0.833 bits per heavy atom. The zero-order valence-corrected chi connectivity index (χ0v) is 20.0. The lowest BCUT2D eigenvalue weighted by Crippen LogP contribution is -2.63. The Balaban J connectivity index is 2.57. The lowest BCUT2D eigenvalue weighted by atomic mass is 9.98. The second kappa shape index (κ2) is 12.1. The maximum Gasteiger partial charge on any atom is 0.338 e. The molecule has 0 spiro atoms. The van der Waals surface area contributed by atoms with E-state index in [2.05, 4.69) is 4.74 Å². The highest BCUT2D eigenvalue weighted by molar-refractivity contribution is 5.91. The first-order valence-electron chi connectivity index (χ1n) is 10.4. The number of aromatic hydroxyl groups is 2. The number of phenols is 2. The highest BCUT2D eigenvalue weighted by atomic mass is 16.7. The van der Waals surface area contributed by atoms with Gasteiger partial charge in [0.25, 0.3) is 0 Å². The molecule has 198 valence electrons. The maximum atomic E-state index is 11.9. The first-order valence-corrected chi connectivity index (χ1v) is 10.4. The number of hydrogen-bond acceptors (Lipinski definition) is 14. The van der Waals surface area contributed by atoms with Gasteiger partial charge >= 0.3 is 29.8 Å². The first kappa shape index (κ1) is 28.2. The van der Waals surface area contributed by atoms with Crippen LogP contribution < -0.4 is 4.74 Å². The Labute approximate surface area is 204 Å². The van der Waals surface area contributed by atoms with E-state index in [4.69, 9.17) is 28.4 Å². The molecule has 1 aromatic carbocycles. The van der Waals surface area contributed by atoms with Gasteiger partial charge in [-0.2, -0.15) is 0 Å². The van der Waals surface area contributed by atoms with Crippen molar-refractivity contribution in [3.63, 3.8) is 0 Å². The standard InChI is InChI=1S/C22H26O14/c1-9(23)31-8-16-18(32-10(2)24)19(33-11(3)25)20(34-12(4)26)22(36-16)35-15-7-13(21(29)30-5)6-14(27)17(15)28/h6-7,16,18-20,22,27-28H,8H2,1-5H3/t16-,18-,19+,20-,22?/m1/s1. The van der Waals surface area contributed by atoms with Crippen LogP contribution in [0.4, 0.5) is 0 Å². The van der Waals surface area contributed by atoms with Crippen molar-refractivity contribution in [3.8, 4) is 17.2 Å². The van der Waals surface area contributed by atoms with Gasteiger partial charge in [0.1, 0.15) is 12.7 Å². The number of esters is 5. The molecule has 1 aliphatic rings. The molecule has 14 nitrogen and oxygen atoms in total. The summed E-state index contributed by atoms with van der Waals surface area (Å²) in [5.74, 6) is -6.19. The van der Waals surface area contributed by atoms with Crippen molar-refractivity contribution in [2.24, 2.45) is 0 Å². The topological polar surface area (TPSA) is 190 Å². The lowest BCUT2D eigenvalue weighted by Gasteiger charge is -2.43. The summed E-state index contributed by atoms with van der Waals surface area (Å²) in [7, 11) is 1.09. The third kappa shape index (κ3) is 7.21. The molecule has 0 aromatic heterocycles. The summed E-state index contributed by atoms with van der Waals surface area (Å²) in [5, 5.41) is 20.3. The van der Waals surface area contributed by atoms with Crippen LogP contribution in [0.25, 0.3) is 0 Å². The Morgan fingerprint density at radius 3 is 1.92 bits per heavy atom. The molecule has 14 heteroatoms. The smallest absolute Gasteiger partial charge is 0.338 e. The van der Waals surface area contributed by atoms with Gasteiger partial charge in [0.15, 0.2) is 23.7 Å². The fraction of sp³-hybridized carbons (Fsp3) is 0.500. The first-order chi connectivity index (χ1) is 16.8.